The fraction of sp³-hybridized carbons (Fsp3) is 0.455. The van der Waals surface area contributed by atoms with E-state index in [0.717, 1.165) is 29.7 Å². The first-order valence-corrected chi connectivity index (χ1v) is 5.96. The van der Waals surface area contributed by atoms with E-state index >= 15 is 0 Å². The highest BCUT2D eigenvalue weighted by Gasteiger charge is 2.79. The van der Waals surface area contributed by atoms with Crippen molar-refractivity contribution in [2.24, 2.45) is 0 Å². The lowest BCUT2D eigenvalue weighted by atomic mass is 10.2. The second-order valence-corrected chi connectivity index (χ2v) is 4.45. The Morgan fingerprint density at radius 3 is 1.81 bits per heavy atom. The van der Waals surface area contributed by atoms with Crippen LogP contribution in [-0.2, 0) is 9.53 Å². The van der Waals surface area contributed by atoms with Gasteiger partial charge in [-0.05, 0) is 12.1 Å². The third kappa shape index (κ3) is 3.96. The van der Waals surface area contributed by atoms with Crippen molar-refractivity contribution in [3.63, 3.8) is 0 Å². The van der Waals surface area contributed by atoms with Crippen LogP contribution < -0.4 is 5.32 Å². The summed E-state index contributed by atoms with van der Waals surface area (Å²) in [5, 5.41) is 0.972. The monoisotopic (exact) mass is 406 g/mol. The number of hydrogen-bond donors (Lipinski definition) is 1. The van der Waals surface area contributed by atoms with Crippen LogP contribution in [-0.4, -0.2) is 41.1 Å². The highest BCUT2D eigenvalue weighted by molar-refractivity contribution is 5.96. The highest BCUT2D eigenvalue weighted by atomic mass is 19.4. The van der Waals surface area contributed by atoms with Crippen molar-refractivity contribution in [1.82, 2.24) is 4.98 Å². The number of carbonyl (C=O) groups excluding carboxylic acids is 1. The maximum absolute atomic E-state index is 13.8. The van der Waals surface area contributed by atoms with Gasteiger partial charge in [0.1, 0.15) is 5.82 Å². The number of aromatic nitrogens is 1. The molecule has 0 saturated heterocycles. The summed E-state index contributed by atoms with van der Waals surface area (Å²) in [6.45, 7) is 0. The number of halogens is 11. The normalized spacial score (nSPS) is 16.1. The molecule has 0 bridgehead atoms. The van der Waals surface area contributed by atoms with E-state index in [2.05, 4.69) is 9.72 Å². The average molecular weight is 406 g/mol. The number of rotatable bonds is 5. The molecule has 0 radical (unpaired) electrons. The number of carbonyl (C=O) groups is 1. The SMILES string of the molecule is O=C(Nc1ccccn1)[C@@](F)(OC(F)(F)C(F)(F)C(F)(F)F)C(F)(F)F. The Hall–Kier alpha value is -2.19. The molecule has 1 rings (SSSR count). The van der Waals surface area contributed by atoms with Gasteiger partial charge >= 0.3 is 36.1 Å². The number of alkyl halides is 11. The summed E-state index contributed by atoms with van der Waals surface area (Å²) in [6.07, 6.45) is -20.1. The van der Waals surface area contributed by atoms with Crippen molar-refractivity contribution in [2.45, 2.75) is 30.2 Å². The van der Waals surface area contributed by atoms with Gasteiger partial charge in [0.05, 0.1) is 0 Å². The molecule has 0 unspecified atom stereocenters. The van der Waals surface area contributed by atoms with Crippen LogP contribution in [0.15, 0.2) is 24.4 Å². The molecule has 1 atom stereocenters. The smallest absolute Gasteiger partial charge is 0.305 e. The van der Waals surface area contributed by atoms with Crippen LogP contribution in [0.3, 0.4) is 0 Å². The van der Waals surface area contributed by atoms with Crippen molar-refractivity contribution < 1.29 is 57.8 Å². The fourth-order valence-electron chi connectivity index (χ4n) is 1.27. The van der Waals surface area contributed by atoms with E-state index in [1.54, 1.807) is 0 Å². The van der Waals surface area contributed by atoms with Crippen LogP contribution in [0.2, 0.25) is 0 Å². The number of anilines is 1. The van der Waals surface area contributed by atoms with Crippen molar-refractivity contribution in [1.29, 1.82) is 0 Å². The Morgan fingerprint density at radius 2 is 1.42 bits per heavy atom. The molecule has 0 spiro atoms. The third-order valence-electron chi connectivity index (χ3n) is 2.55. The van der Waals surface area contributed by atoms with Crippen molar-refractivity contribution in [3.05, 3.63) is 24.4 Å². The molecule has 15 heteroatoms. The molecule has 0 aliphatic rings. The zero-order valence-electron chi connectivity index (χ0n) is 11.7. The van der Waals surface area contributed by atoms with Gasteiger partial charge in [0.15, 0.2) is 0 Å². The van der Waals surface area contributed by atoms with E-state index in [-0.39, 0.29) is 0 Å². The van der Waals surface area contributed by atoms with E-state index in [9.17, 15) is 53.1 Å². The molecule has 0 fully saturated rings. The van der Waals surface area contributed by atoms with Gasteiger partial charge in [0.2, 0.25) is 0 Å². The summed E-state index contributed by atoms with van der Waals surface area (Å²) < 4.78 is 141. The minimum absolute atomic E-state index is 0.733. The third-order valence-corrected chi connectivity index (χ3v) is 2.55. The molecule has 148 valence electrons. The first-order valence-electron chi connectivity index (χ1n) is 5.96. The minimum Gasteiger partial charge on any atom is -0.305 e. The Kier molecular flexibility index (Phi) is 5.48. The Morgan fingerprint density at radius 1 is 0.885 bits per heavy atom. The van der Waals surface area contributed by atoms with Gasteiger partial charge in [0.25, 0.3) is 0 Å². The van der Waals surface area contributed by atoms with Gasteiger partial charge in [-0.1, -0.05) is 6.07 Å². The maximum atomic E-state index is 13.8. The lowest BCUT2D eigenvalue weighted by molar-refractivity contribution is -0.472. The summed E-state index contributed by atoms with van der Waals surface area (Å²) >= 11 is 0. The number of nitrogens with zero attached hydrogens (tertiary/aromatic N) is 1. The molecular weight excluding hydrogens is 401 g/mol. The van der Waals surface area contributed by atoms with E-state index < -0.39 is 42.0 Å². The number of pyridine rings is 1. The molecule has 1 aromatic rings. The van der Waals surface area contributed by atoms with E-state index in [1.165, 1.54) is 0 Å². The molecule has 0 aliphatic heterocycles. The molecule has 1 amide bonds. The fourth-order valence-corrected chi connectivity index (χ4v) is 1.27. The average Bonchev–Trinajstić information content (AvgIpc) is 2.45. The predicted molar refractivity (Wildman–Crippen MR) is 59.8 cm³/mol. The summed E-state index contributed by atoms with van der Waals surface area (Å²) in [6, 6.07) is 2.93. The van der Waals surface area contributed by atoms with Crippen LogP contribution in [0.5, 0.6) is 0 Å². The second-order valence-electron chi connectivity index (χ2n) is 4.45. The highest BCUT2D eigenvalue weighted by Crippen LogP contribution is 2.51. The number of ether oxygens (including phenoxy) is 1. The number of amides is 1. The van der Waals surface area contributed by atoms with E-state index in [0.29, 0.717) is 0 Å². The van der Waals surface area contributed by atoms with Gasteiger partial charge in [-0.15, -0.1) is 0 Å². The zero-order chi connectivity index (χ0) is 20.6. The lowest BCUT2D eigenvalue weighted by Gasteiger charge is -2.33. The minimum atomic E-state index is -7.24. The van der Waals surface area contributed by atoms with Crippen molar-refractivity contribution in [3.8, 4) is 0 Å². The molecule has 1 N–H and O–H groups in total. The molecule has 0 aliphatic carbocycles. The Labute approximate surface area is 135 Å². The van der Waals surface area contributed by atoms with Gasteiger partial charge in [0, 0.05) is 6.20 Å². The second kappa shape index (κ2) is 6.51. The topological polar surface area (TPSA) is 51.2 Å². The molecule has 26 heavy (non-hydrogen) atoms. The van der Waals surface area contributed by atoms with Crippen LogP contribution in [0.1, 0.15) is 0 Å². The summed E-state index contributed by atoms with van der Waals surface area (Å²) in [7, 11) is 0. The van der Waals surface area contributed by atoms with Gasteiger partial charge < -0.3 is 5.32 Å². The maximum Gasteiger partial charge on any atom is 0.462 e. The van der Waals surface area contributed by atoms with Crippen LogP contribution >= 0.6 is 0 Å². The van der Waals surface area contributed by atoms with E-state index in [4.69, 9.17) is 0 Å². The quantitative estimate of drug-likeness (QED) is 0.751. The molecule has 1 aromatic heterocycles. The predicted octanol–water partition coefficient (Wildman–Crippen LogP) is 4.06. The van der Waals surface area contributed by atoms with E-state index in [1.807, 2.05) is 0 Å². The lowest BCUT2D eigenvalue weighted by Crippen LogP contribution is -2.62. The molecule has 0 saturated carbocycles. The summed E-state index contributed by atoms with van der Waals surface area (Å²) in [5.41, 5.74) is 0. The molecule has 1 heterocycles. The molecule has 0 aromatic carbocycles. The van der Waals surface area contributed by atoms with Crippen LogP contribution in [0, 0.1) is 0 Å². The Balaban J connectivity index is 3.27. The van der Waals surface area contributed by atoms with Gasteiger partial charge in [-0.3, -0.25) is 9.53 Å². The summed E-state index contributed by atoms with van der Waals surface area (Å²) in [4.78, 5) is 14.5. The standard InChI is InChI=1S/C11H5F11N2O2/c12-7(9(15,16)17,6(25)24-5-3-1-2-4-23-5)26-11(21,22)8(13,14)10(18,19)20/h1-4H,(H,23,24,25)/t7-/m1/s1. The largest absolute Gasteiger partial charge is 0.462 e. The number of nitrogens with one attached hydrogen (secondary N) is 1. The van der Waals surface area contributed by atoms with Crippen molar-refractivity contribution in [2.75, 3.05) is 5.32 Å². The summed E-state index contributed by atoms with van der Waals surface area (Å²) in [5.74, 6) is -17.5. The van der Waals surface area contributed by atoms with Crippen molar-refractivity contribution >= 4 is 11.7 Å². The molecule has 4 nitrogen and oxygen atoms in total. The first kappa shape index (κ1) is 21.9. The Bertz CT molecular complexity index is 644. The van der Waals surface area contributed by atoms with Gasteiger partial charge in [-0.25, -0.2) is 4.98 Å². The molecular formula is C11H5F11N2O2. The zero-order valence-corrected chi connectivity index (χ0v) is 11.7. The van der Waals surface area contributed by atoms with Gasteiger partial charge in [-0.2, -0.15) is 48.3 Å². The van der Waals surface area contributed by atoms with Crippen LogP contribution in [0.4, 0.5) is 54.1 Å². The van der Waals surface area contributed by atoms with Crippen LogP contribution in [0.25, 0.3) is 0 Å². The number of hydrogen-bond acceptors (Lipinski definition) is 3. The first-order chi connectivity index (χ1) is 11.5.